The van der Waals surface area contributed by atoms with Crippen molar-refractivity contribution in [1.29, 1.82) is 0 Å². The van der Waals surface area contributed by atoms with E-state index in [2.05, 4.69) is 15.3 Å². The topological polar surface area (TPSA) is 115 Å². The van der Waals surface area contributed by atoms with Crippen LogP contribution >= 0.6 is 11.3 Å². The molecule has 0 spiro atoms. The fraction of sp³-hybridized carbons (Fsp3) is 0.300. The molecule has 0 aliphatic heterocycles. The molecule has 1 amide bonds. The summed E-state index contributed by atoms with van der Waals surface area (Å²) in [6, 6.07) is 9.23. The Labute approximate surface area is 171 Å². The van der Waals surface area contributed by atoms with Crippen LogP contribution in [-0.2, 0) is 11.3 Å². The molecule has 3 aromatic rings. The highest BCUT2D eigenvalue weighted by Crippen LogP contribution is 2.26. The summed E-state index contributed by atoms with van der Waals surface area (Å²) < 4.78 is 0. The van der Waals surface area contributed by atoms with Crippen molar-refractivity contribution in [3.63, 3.8) is 0 Å². The van der Waals surface area contributed by atoms with Gasteiger partial charge in [0.25, 0.3) is 11.5 Å². The van der Waals surface area contributed by atoms with Gasteiger partial charge in [-0.05, 0) is 43.2 Å². The number of fused-ring (bicyclic) bond motifs is 1. The van der Waals surface area contributed by atoms with E-state index in [4.69, 9.17) is 5.11 Å². The third kappa shape index (κ3) is 5.20. The number of carbonyl (C=O) groups is 2. The molecular weight excluding hydrogens is 392 g/mol. The summed E-state index contributed by atoms with van der Waals surface area (Å²) in [5.74, 6) is -0.501. The number of rotatable bonds is 8. The van der Waals surface area contributed by atoms with Gasteiger partial charge < -0.3 is 20.3 Å². The molecule has 0 bridgehead atoms. The van der Waals surface area contributed by atoms with Crippen molar-refractivity contribution in [2.75, 3.05) is 18.5 Å². The van der Waals surface area contributed by atoms with E-state index in [-0.39, 0.29) is 17.9 Å². The summed E-state index contributed by atoms with van der Waals surface area (Å²) >= 11 is 1.36. The van der Waals surface area contributed by atoms with Gasteiger partial charge in [0.2, 0.25) is 0 Å². The number of hydrogen-bond donors (Lipinski definition) is 3. The van der Waals surface area contributed by atoms with Crippen LogP contribution in [0.25, 0.3) is 10.9 Å². The minimum atomic E-state index is -0.874. The summed E-state index contributed by atoms with van der Waals surface area (Å²) in [5, 5.41) is 12.8. The minimum Gasteiger partial charge on any atom is -0.481 e. The van der Waals surface area contributed by atoms with E-state index in [1.54, 1.807) is 13.0 Å². The van der Waals surface area contributed by atoms with E-state index >= 15 is 0 Å². The second-order valence-corrected chi connectivity index (χ2v) is 7.81. The number of nitrogens with one attached hydrogen (secondary N) is 2. The van der Waals surface area contributed by atoms with E-state index in [1.807, 2.05) is 36.2 Å². The Hall–Kier alpha value is -3.20. The average molecular weight is 414 g/mol. The lowest BCUT2D eigenvalue weighted by atomic mass is 10.1. The Morgan fingerprint density at radius 3 is 2.83 bits per heavy atom. The number of carbonyl (C=O) groups excluding carboxylic acids is 1. The SMILES string of the molecule is Cc1nc2ccc(CN(C)c3ccc(C(=O)NCCCC(=O)O)s3)cc2c(=O)[nH]1. The number of benzene rings is 1. The van der Waals surface area contributed by atoms with E-state index in [0.29, 0.717) is 41.1 Å². The van der Waals surface area contributed by atoms with E-state index < -0.39 is 5.97 Å². The molecule has 0 fully saturated rings. The molecule has 8 nitrogen and oxygen atoms in total. The number of nitrogens with zero attached hydrogens (tertiary/aromatic N) is 2. The predicted molar refractivity (Wildman–Crippen MR) is 113 cm³/mol. The summed E-state index contributed by atoms with van der Waals surface area (Å²) in [5.41, 5.74) is 1.47. The first-order chi connectivity index (χ1) is 13.8. The fourth-order valence-corrected chi connectivity index (χ4v) is 3.82. The number of carboxylic acids is 1. The molecule has 0 saturated carbocycles. The van der Waals surface area contributed by atoms with Crippen LogP contribution in [0.4, 0.5) is 5.00 Å². The number of thiophene rings is 1. The second kappa shape index (κ2) is 8.87. The third-order valence-corrected chi connectivity index (χ3v) is 5.55. The Morgan fingerprint density at radius 1 is 1.28 bits per heavy atom. The van der Waals surface area contributed by atoms with Gasteiger partial charge in [-0.1, -0.05) is 6.07 Å². The van der Waals surface area contributed by atoms with Crippen molar-refractivity contribution in [1.82, 2.24) is 15.3 Å². The van der Waals surface area contributed by atoms with Crippen molar-refractivity contribution < 1.29 is 14.7 Å². The number of aryl methyl sites for hydroxylation is 1. The molecule has 3 rings (SSSR count). The minimum absolute atomic E-state index is 0.0301. The third-order valence-electron chi connectivity index (χ3n) is 4.35. The zero-order chi connectivity index (χ0) is 21.0. The number of aromatic nitrogens is 2. The maximum absolute atomic E-state index is 12.2. The standard InChI is InChI=1S/C20H22N4O4S/c1-12-22-15-6-5-13(10-14(15)19(27)23-12)11-24(2)17-8-7-16(29-17)20(28)21-9-3-4-18(25)26/h5-8,10H,3-4,9,11H2,1-2H3,(H,21,28)(H,25,26)(H,22,23,27). The summed E-state index contributed by atoms with van der Waals surface area (Å²) in [4.78, 5) is 44.5. The van der Waals surface area contributed by atoms with Crippen LogP contribution < -0.4 is 15.8 Å². The molecule has 0 unspecified atom stereocenters. The van der Waals surface area contributed by atoms with Gasteiger partial charge in [-0.2, -0.15) is 0 Å². The second-order valence-electron chi connectivity index (χ2n) is 6.75. The van der Waals surface area contributed by atoms with Gasteiger partial charge in [-0.3, -0.25) is 14.4 Å². The lowest BCUT2D eigenvalue weighted by Gasteiger charge is -2.17. The molecule has 2 heterocycles. The van der Waals surface area contributed by atoms with Gasteiger partial charge >= 0.3 is 5.97 Å². The van der Waals surface area contributed by atoms with E-state index in [9.17, 15) is 14.4 Å². The highest BCUT2D eigenvalue weighted by Gasteiger charge is 2.12. The highest BCUT2D eigenvalue weighted by molar-refractivity contribution is 7.17. The van der Waals surface area contributed by atoms with Crippen LogP contribution in [0.5, 0.6) is 0 Å². The number of anilines is 1. The molecule has 9 heteroatoms. The molecule has 2 aromatic heterocycles. The van der Waals surface area contributed by atoms with Crippen LogP contribution in [0.2, 0.25) is 0 Å². The summed E-state index contributed by atoms with van der Waals surface area (Å²) in [7, 11) is 1.92. The molecule has 0 radical (unpaired) electrons. The molecule has 0 aliphatic rings. The van der Waals surface area contributed by atoms with E-state index in [0.717, 1.165) is 10.6 Å². The van der Waals surface area contributed by atoms with Gasteiger partial charge in [0.05, 0.1) is 20.8 Å². The Balaban J connectivity index is 1.65. The van der Waals surface area contributed by atoms with Crippen molar-refractivity contribution in [3.8, 4) is 0 Å². The quantitative estimate of drug-likeness (QED) is 0.488. The Kier molecular flexibility index (Phi) is 6.28. The maximum atomic E-state index is 12.2. The summed E-state index contributed by atoms with van der Waals surface area (Å²) in [6.07, 6.45) is 0.428. The smallest absolute Gasteiger partial charge is 0.303 e. The number of hydrogen-bond acceptors (Lipinski definition) is 6. The average Bonchev–Trinajstić information content (AvgIpc) is 3.16. The van der Waals surface area contributed by atoms with Crippen LogP contribution in [-0.4, -0.2) is 40.5 Å². The molecule has 152 valence electrons. The predicted octanol–water partition coefficient (Wildman–Crippen LogP) is 2.52. The number of aliphatic carboxylic acids is 1. The first kappa shape index (κ1) is 20.5. The normalized spacial score (nSPS) is 10.8. The Bertz CT molecular complexity index is 1110. The van der Waals surface area contributed by atoms with Crippen LogP contribution in [0.3, 0.4) is 0 Å². The molecular formula is C20H22N4O4S. The fourth-order valence-electron chi connectivity index (χ4n) is 2.94. The number of H-pyrrole nitrogens is 1. The zero-order valence-electron chi connectivity index (χ0n) is 16.2. The Morgan fingerprint density at radius 2 is 2.07 bits per heavy atom. The van der Waals surface area contributed by atoms with Gasteiger partial charge in [-0.25, -0.2) is 4.98 Å². The number of aromatic amines is 1. The van der Waals surface area contributed by atoms with Crippen molar-refractivity contribution in [3.05, 3.63) is 57.0 Å². The van der Waals surface area contributed by atoms with Gasteiger partial charge in [0.1, 0.15) is 5.82 Å². The summed E-state index contributed by atoms with van der Waals surface area (Å²) in [6.45, 7) is 2.65. The van der Waals surface area contributed by atoms with Crippen molar-refractivity contribution >= 4 is 39.1 Å². The largest absolute Gasteiger partial charge is 0.481 e. The molecule has 0 saturated heterocycles. The van der Waals surface area contributed by atoms with Crippen molar-refractivity contribution in [2.24, 2.45) is 0 Å². The lowest BCUT2D eigenvalue weighted by Crippen LogP contribution is -2.24. The highest BCUT2D eigenvalue weighted by atomic mass is 32.1. The van der Waals surface area contributed by atoms with Crippen LogP contribution in [0, 0.1) is 6.92 Å². The van der Waals surface area contributed by atoms with E-state index in [1.165, 1.54) is 11.3 Å². The first-order valence-electron chi connectivity index (χ1n) is 9.14. The first-order valence-corrected chi connectivity index (χ1v) is 9.95. The van der Waals surface area contributed by atoms with Gasteiger partial charge in [0, 0.05) is 26.6 Å². The van der Waals surface area contributed by atoms with Gasteiger partial charge in [0.15, 0.2) is 0 Å². The number of carboxylic acid groups (broad SMARTS) is 1. The molecule has 29 heavy (non-hydrogen) atoms. The van der Waals surface area contributed by atoms with Crippen molar-refractivity contribution in [2.45, 2.75) is 26.3 Å². The molecule has 0 aliphatic carbocycles. The number of amides is 1. The maximum Gasteiger partial charge on any atom is 0.303 e. The lowest BCUT2D eigenvalue weighted by molar-refractivity contribution is -0.137. The molecule has 1 aromatic carbocycles. The zero-order valence-corrected chi connectivity index (χ0v) is 17.0. The van der Waals surface area contributed by atoms with Gasteiger partial charge in [-0.15, -0.1) is 11.3 Å². The molecule has 0 atom stereocenters. The monoisotopic (exact) mass is 414 g/mol. The van der Waals surface area contributed by atoms with Crippen LogP contribution in [0.1, 0.15) is 33.9 Å². The molecule has 3 N–H and O–H groups in total. The van der Waals surface area contributed by atoms with Crippen LogP contribution in [0.15, 0.2) is 35.1 Å².